The third kappa shape index (κ3) is 5.93. The Bertz CT molecular complexity index is 1390. The van der Waals surface area contributed by atoms with Gasteiger partial charge in [-0.15, -0.1) is 0 Å². The quantitative estimate of drug-likeness (QED) is 0.191. The smallest absolute Gasteiger partial charge is 0.342 e. The van der Waals surface area contributed by atoms with Gasteiger partial charge in [-0.1, -0.05) is 37.3 Å². The molecular weight excluding hydrogens is 499 g/mol. The molecule has 1 aromatic carbocycles. The minimum atomic E-state index is -3.72. The number of fused-ring (bicyclic) bond motifs is 1. The second-order valence-electron chi connectivity index (χ2n) is 8.78. The number of aromatic nitrogens is 4. The van der Waals surface area contributed by atoms with E-state index in [-0.39, 0.29) is 30.5 Å². The molecule has 2 aromatic heterocycles. The fraction of sp³-hybridized carbons (Fsp3) is 0.417. The molecule has 1 aliphatic carbocycles. The number of nitrogens with zero attached hydrogens (tertiary/aromatic N) is 3. The minimum Gasteiger partial charge on any atom is -0.465 e. The Morgan fingerprint density at radius 1 is 1.35 bits per heavy atom. The number of imidazole rings is 1. The highest BCUT2D eigenvalue weighted by atomic mass is 31.2. The normalized spacial score (nSPS) is 21.5. The lowest BCUT2D eigenvalue weighted by molar-refractivity contribution is -0.144. The number of carbonyl (C=O) groups excluding carboxylic acids is 1. The van der Waals surface area contributed by atoms with Gasteiger partial charge in [-0.05, 0) is 32.4 Å². The number of nitrogen functional groups attached to an aromatic ring is 1. The van der Waals surface area contributed by atoms with Crippen molar-refractivity contribution in [1.29, 1.82) is 0 Å². The highest BCUT2D eigenvalue weighted by molar-refractivity contribution is 7.57. The van der Waals surface area contributed by atoms with Gasteiger partial charge in [-0.3, -0.25) is 19.1 Å². The first-order valence-corrected chi connectivity index (χ1v) is 13.8. The van der Waals surface area contributed by atoms with Gasteiger partial charge in [-0.25, -0.2) is 10.1 Å². The Balaban J connectivity index is 1.54. The van der Waals surface area contributed by atoms with E-state index in [1.165, 1.54) is 0 Å². The van der Waals surface area contributed by atoms with Gasteiger partial charge in [0, 0.05) is 6.42 Å². The highest BCUT2D eigenvalue weighted by Crippen LogP contribution is 2.47. The summed E-state index contributed by atoms with van der Waals surface area (Å²) in [5.74, 6) is -0.165. The summed E-state index contributed by atoms with van der Waals surface area (Å²) in [7, 11) is -3.72. The molecule has 12 nitrogen and oxygen atoms in total. The Labute approximate surface area is 213 Å². The molecule has 0 bridgehead atoms. The molecule has 4 rings (SSSR count). The maximum absolute atomic E-state index is 13.9. The van der Waals surface area contributed by atoms with Gasteiger partial charge in [0.15, 0.2) is 11.2 Å². The van der Waals surface area contributed by atoms with Crippen LogP contribution in [0.5, 0.6) is 5.75 Å². The van der Waals surface area contributed by atoms with Crippen LogP contribution in [0.1, 0.15) is 39.7 Å². The van der Waals surface area contributed by atoms with Crippen molar-refractivity contribution in [2.75, 3.05) is 18.7 Å². The van der Waals surface area contributed by atoms with Crippen LogP contribution in [-0.2, 0) is 18.8 Å². The lowest BCUT2D eigenvalue weighted by atomic mass is 9.99. The van der Waals surface area contributed by atoms with Crippen molar-refractivity contribution >= 4 is 30.6 Å². The summed E-state index contributed by atoms with van der Waals surface area (Å²) in [6, 6.07) is 7.58. The van der Waals surface area contributed by atoms with Crippen LogP contribution in [0.4, 0.5) is 5.95 Å². The summed E-state index contributed by atoms with van der Waals surface area (Å²) in [5, 5.41) is 2.80. The number of H-pyrrole nitrogens is 1. The molecule has 1 aliphatic rings. The summed E-state index contributed by atoms with van der Waals surface area (Å²) in [6.45, 7) is 5.42. The van der Waals surface area contributed by atoms with E-state index in [1.54, 1.807) is 49.0 Å². The van der Waals surface area contributed by atoms with E-state index in [2.05, 4.69) is 20.0 Å². The van der Waals surface area contributed by atoms with Crippen molar-refractivity contribution in [1.82, 2.24) is 24.6 Å². The highest BCUT2D eigenvalue weighted by Gasteiger charge is 2.39. The van der Waals surface area contributed by atoms with E-state index < -0.39 is 30.7 Å². The first-order valence-electron chi connectivity index (χ1n) is 12.0. The number of nitrogens with two attached hydrogens (primary N) is 1. The molecule has 0 radical (unpaired) electrons. The number of ether oxygens (including phenoxy) is 2. The van der Waals surface area contributed by atoms with Crippen molar-refractivity contribution in [2.45, 2.75) is 51.3 Å². The SMILES string of the molecule is CCOC(=O)[C@H](C)N[P@@](=O)(CO[C@]1(CC)C=C[C@H](n2cnc3c(=O)[nH]c(N)nc32)C1)Oc1ccccc1. The summed E-state index contributed by atoms with van der Waals surface area (Å²) >= 11 is 0. The van der Waals surface area contributed by atoms with Crippen LogP contribution >= 0.6 is 7.52 Å². The number of rotatable bonds is 11. The van der Waals surface area contributed by atoms with Crippen LogP contribution in [0.3, 0.4) is 0 Å². The van der Waals surface area contributed by atoms with Crippen LogP contribution in [0.15, 0.2) is 53.6 Å². The summed E-state index contributed by atoms with van der Waals surface area (Å²) < 4.78 is 32.8. The zero-order chi connectivity index (χ0) is 26.6. The van der Waals surface area contributed by atoms with Crippen molar-refractivity contribution in [3.05, 3.63) is 59.2 Å². The molecule has 0 amide bonds. The first kappa shape index (κ1) is 26.6. The average molecular weight is 531 g/mol. The molecule has 13 heteroatoms. The van der Waals surface area contributed by atoms with Gasteiger partial charge in [0.2, 0.25) is 5.95 Å². The van der Waals surface area contributed by atoms with E-state index in [9.17, 15) is 14.2 Å². The number of esters is 1. The van der Waals surface area contributed by atoms with Crippen LogP contribution in [-0.4, -0.2) is 50.1 Å². The number of nitrogens with one attached hydrogen (secondary N) is 2. The minimum absolute atomic E-state index is 0.0000227. The first-order chi connectivity index (χ1) is 17.7. The number of hydrogen-bond acceptors (Lipinski definition) is 9. The largest absolute Gasteiger partial charge is 0.465 e. The molecule has 0 unspecified atom stereocenters. The molecule has 0 saturated heterocycles. The molecule has 4 atom stereocenters. The second-order valence-corrected chi connectivity index (χ2v) is 10.8. The fourth-order valence-corrected chi connectivity index (χ4v) is 5.96. The monoisotopic (exact) mass is 530 g/mol. The Kier molecular flexibility index (Phi) is 7.82. The van der Waals surface area contributed by atoms with E-state index in [4.69, 9.17) is 19.7 Å². The second kappa shape index (κ2) is 10.9. The van der Waals surface area contributed by atoms with E-state index >= 15 is 0 Å². The van der Waals surface area contributed by atoms with E-state index in [0.29, 0.717) is 24.2 Å². The summed E-state index contributed by atoms with van der Waals surface area (Å²) in [5.41, 5.74) is 5.10. The van der Waals surface area contributed by atoms with Gasteiger partial charge in [0.25, 0.3) is 5.56 Å². The number of hydrogen-bond donors (Lipinski definition) is 3. The number of allylic oxidation sites excluding steroid dienone is 1. The fourth-order valence-electron chi connectivity index (χ4n) is 4.19. The van der Waals surface area contributed by atoms with Gasteiger partial charge >= 0.3 is 13.5 Å². The lowest BCUT2D eigenvalue weighted by Gasteiger charge is -2.31. The zero-order valence-electron chi connectivity index (χ0n) is 20.9. The van der Waals surface area contributed by atoms with Crippen LogP contribution < -0.4 is 20.9 Å². The maximum atomic E-state index is 13.9. The molecule has 4 N–H and O–H groups in total. The van der Waals surface area contributed by atoms with Gasteiger partial charge in [-0.2, -0.15) is 4.98 Å². The molecule has 0 aliphatic heterocycles. The number of para-hydroxylation sites is 1. The molecule has 0 fully saturated rings. The predicted octanol–water partition coefficient (Wildman–Crippen LogP) is 3.14. The van der Waals surface area contributed by atoms with Crippen LogP contribution in [0.2, 0.25) is 0 Å². The molecule has 2 heterocycles. The summed E-state index contributed by atoms with van der Waals surface area (Å²) in [4.78, 5) is 35.3. The van der Waals surface area contributed by atoms with Crippen molar-refractivity contribution in [3.63, 3.8) is 0 Å². The number of benzene rings is 1. The molecule has 0 spiro atoms. The third-order valence-electron chi connectivity index (χ3n) is 6.13. The number of aromatic amines is 1. The average Bonchev–Trinajstić information content (AvgIpc) is 3.48. The number of anilines is 1. The van der Waals surface area contributed by atoms with Crippen LogP contribution in [0, 0.1) is 0 Å². The standard InChI is InChI=1S/C24H31N6O6P/c1-4-24(12-11-17(13-24)30-14-26-19-20(30)27-23(25)28-21(19)31)35-15-37(33,29-16(3)22(32)34-5-2)36-18-9-7-6-8-10-18/h6-12,14,16-17H,4-5,13,15H2,1-3H3,(H,29,33)(H3,25,27,28,31)/t16-,17-,24+,37+/m0/s1. The molecule has 3 aromatic rings. The van der Waals surface area contributed by atoms with Crippen molar-refractivity contribution in [3.8, 4) is 5.75 Å². The van der Waals surface area contributed by atoms with Crippen molar-refractivity contribution < 1.29 is 23.4 Å². The molecule has 0 saturated carbocycles. The molecular formula is C24H31N6O6P. The Morgan fingerprint density at radius 3 is 2.81 bits per heavy atom. The van der Waals surface area contributed by atoms with Gasteiger partial charge in [0.1, 0.15) is 18.1 Å². The Hall–Kier alpha value is -3.47. The van der Waals surface area contributed by atoms with Crippen LogP contribution in [0.25, 0.3) is 11.2 Å². The summed E-state index contributed by atoms with van der Waals surface area (Å²) in [6.07, 6.45) is 6.12. The zero-order valence-corrected chi connectivity index (χ0v) is 21.8. The molecule has 198 valence electrons. The van der Waals surface area contributed by atoms with Gasteiger partial charge in [0.05, 0.1) is 24.6 Å². The Morgan fingerprint density at radius 2 is 2.11 bits per heavy atom. The maximum Gasteiger partial charge on any atom is 0.342 e. The number of carbonyl (C=O) groups is 1. The van der Waals surface area contributed by atoms with E-state index in [1.807, 2.05) is 25.1 Å². The topological polar surface area (TPSA) is 163 Å². The predicted molar refractivity (Wildman–Crippen MR) is 138 cm³/mol. The molecule has 37 heavy (non-hydrogen) atoms. The van der Waals surface area contributed by atoms with Gasteiger partial charge < -0.3 is 24.3 Å². The third-order valence-corrected chi connectivity index (χ3v) is 7.89. The van der Waals surface area contributed by atoms with E-state index in [0.717, 1.165) is 0 Å². The lowest BCUT2D eigenvalue weighted by Crippen LogP contribution is -2.37. The van der Waals surface area contributed by atoms with Crippen molar-refractivity contribution in [2.24, 2.45) is 0 Å².